The van der Waals surface area contributed by atoms with Crippen LogP contribution in [0.5, 0.6) is 0 Å². The first-order chi connectivity index (χ1) is 28.1. The largest absolute Gasteiger partial charge is 0.308 e. The predicted octanol–water partition coefficient (Wildman–Crippen LogP) is 13.2. The van der Waals surface area contributed by atoms with E-state index in [-0.39, 0.29) is 0 Å². The van der Waals surface area contributed by atoms with Crippen molar-refractivity contribution in [3.63, 3.8) is 0 Å². The van der Waals surface area contributed by atoms with Gasteiger partial charge in [0.2, 0.25) is 0 Å². The van der Waals surface area contributed by atoms with Crippen molar-refractivity contribution in [1.29, 1.82) is 0 Å². The number of rotatable bonds is 7. The number of halogens is 2. The van der Waals surface area contributed by atoms with Crippen molar-refractivity contribution in [2.24, 2.45) is 0 Å². The van der Waals surface area contributed by atoms with Crippen LogP contribution in [0.15, 0.2) is 194 Å². The Bertz CT molecular complexity index is 2900. The summed E-state index contributed by atoms with van der Waals surface area (Å²) in [6.07, 6.45) is 0. The zero-order valence-corrected chi connectivity index (χ0v) is 30.5. The number of aromatic nitrogens is 4. The Morgan fingerprint density at radius 3 is 1.19 bits per heavy atom. The third-order valence-electron chi connectivity index (χ3n) is 10.4. The molecule has 0 amide bonds. The smallest absolute Gasteiger partial charge is 0.166 e. The fourth-order valence-electron chi connectivity index (χ4n) is 7.64. The molecule has 0 atom stereocenters. The first-order valence-electron chi connectivity index (χ1n) is 18.7. The highest BCUT2D eigenvalue weighted by atomic mass is 19.1. The van der Waals surface area contributed by atoms with E-state index in [9.17, 15) is 8.78 Å². The predicted molar refractivity (Wildman–Crippen MR) is 227 cm³/mol. The van der Waals surface area contributed by atoms with Crippen LogP contribution >= 0.6 is 0 Å². The molecule has 270 valence electrons. The Morgan fingerprint density at radius 2 is 0.719 bits per heavy atom. The lowest BCUT2D eigenvalue weighted by Crippen LogP contribution is -2.04. The van der Waals surface area contributed by atoms with E-state index in [1.54, 1.807) is 0 Å². The van der Waals surface area contributed by atoms with E-state index >= 15 is 0 Å². The SMILES string of the molecule is Fc1cc(F)cc(-c2ccc(-n3c4ccc(-c5ccccc5)cc4c4cc(-c5ccccc5)ccc43)c(-c3nc(-c4ccccc4)nc(-c4ccccc4)n3)c2)c1. The van der Waals surface area contributed by atoms with Crippen LogP contribution < -0.4 is 0 Å². The van der Waals surface area contributed by atoms with Gasteiger partial charge in [-0.15, -0.1) is 0 Å². The molecule has 10 rings (SSSR count). The van der Waals surface area contributed by atoms with E-state index in [1.807, 2.05) is 91.0 Å². The van der Waals surface area contributed by atoms with Gasteiger partial charge in [-0.3, -0.25) is 0 Å². The molecule has 0 aliphatic rings. The van der Waals surface area contributed by atoms with E-state index in [1.165, 1.54) is 12.1 Å². The molecule has 0 N–H and O–H groups in total. The maximum atomic E-state index is 14.7. The summed E-state index contributed by atoms with van der Waals surface area (Å²) in [7, 11) is 0. The van der Waals surface area contributed by atoms with E-state index in [0.717, 1.165) is 66.9 Å². The van der Waals surface area contributed by atoms with Gasteiger partial charge in [0, 0.05) is 33.5 Å². The number of hydrogen-bond donors (Lipinski definition) is 0. The molecule has 0 saturated carbocycles. The molecule has 0 unspecified atom stereocenters. The second-order valence-corrected chi connectivity index (χ2v) is 14.0. The quantitative estimate of drug-likeness (QED) is 0.164. The summed E-state index contributed by atoms with van der Waals surface area (Å²) >= 11 is 0. The topological polar surface area (TPSA) is 43.6 Å². The van der Waals surface area contributed by atoms with E-state index in [4.69, 9.17) is 15.0 Å². The van der Waals surface area contributed by atoms with Crippen LogP contribution in [0.4, 0.5) is 8.78 Å². The minimum absolute atomic E-state index is 0.406. The molecule has 0 bridgehead atoms. The third-order valence-corrected chi connectivity index (χ3v) is 10.4. The molecule has 10 aromatic rings. The van der Waals surface area contributed by atoms with Crippen LogP contribution in [0, 0.1) is 11.6 Å². The summed E-state index contributed by atoms with van der Waals surface area (Å²) in [4.78, 5) is 15.2. The summed E-state index contributed by atoms with van der Waals surface area (Å²) in [6, 6.07) is 62.9. The summed E-state index contributed by atoms with van der Waals surface area (Å²) in [5, 5.41) is 2.16. The van der Waals surface area contributed by atoms with Gasteiger partial charge in [0.05, 0.1) is 16.7 Å². The maximum absolute atomic E-state index is 14.7. The van der Waals surface area contributed by atoms with Gasteiger partial charge in [0.25, 0.3) is 0 Å². The van der Waals surface area contributed by atoms with Gasteiger partial charge in [-0.1, -0.05) is 140 Å². The van der Waals surface area contributed by atoms with Crippen LogP contribution in [0.3, 0.4) is 0 Å². The Labute approximate surface area is 328 Å². The molecule has 6 heteroatoms. The highest BCUT2D eigenvalue weighted by Crippen LogP contribution is 2.41. The average molecular weight is 739 g/mol. The average Bonchev–Trinajstić information content (AvgIpc) is 3.59. The summed E-state index contributed by atoms with van der Waals surface area (Å²) in [5.41, 5.74) is 10.6. The summed E-state index contributed by atoms with van der Waals surface area (Å²) in [5.74, 6) is 0.136. The molecule has 0 fully saturated rings. The lowest BCUT2D eigenvalue weighted by molar-refractivity contribution is 0.584. The fourth-order valence-corrected chi connectivity index (χ4v) is 7.64. The Hall–Kier alpha value is -7.57. The first-order valence-corrected chi connectivity index (χ1v) is 18.7. The Balaban J connectivity index is 1.28. The maximum Gasteiger partial charge on any atom is 0.166 e. The first kappa shape index (κ1) is 34.0. The number of nitrogens with zero attached hydrogens (tertiary/aromatic N) is 4. The van der Waals surface area contributed by atoms with Crippen molar-refractivity contribution in [1.82, 2.24) is 19.5 Å². The van der Waals surface area contributed by atoms with Crippen molar-refractivity contribution in [3.8, 4) is 73.2 Å². The summed E-state index contributed by atoms with van der Waals surface area (Å²) in [6.45, 7) is 0. The van der Waals surface area contributed by atoms with Crippen LogP contribution in [0.1, 0.15) is 0 Å². The van der Waals surface area contributed by atoms with Crippen molar-refractivity contribution in [2.75, 3.05) is 0 Å². The molecule has 0 aliphatic heterocycles. The number of fused-ring (bicyclic) bond motifs is 3. The van der Waals surface area contributed by atoms with Gasteiger partial charge < -0.3 is 4.57 Å². The zero-order chi connectivity index (χ0) is 38.3. The molecule has 0 spiro atoms. The highest BCUT2D eigenvalue weighted by molar-refractivity contribution is 6.12. The number of benzene rings is 8. The molecule has 0 radical (unpaired) electrons. The van der Waals surface area contributed by atoms with Gasteiger partial charge in [-0.25, -0.2) is 23.7 Å². The molecular formula is C51H32F2N4. The summed E-state index contributed by atoms with van der Waals surface area (Å²) < 4.78 is 31.7. The normalized spacial score (nSPS) is 11.3. The molecule has 4 nitrogen and oxygen atoms in total. The van der Waals surface area contributed by atoms with Crippen LogP contribution in [-0.4, -0.2) is 19.5 Å². The van der Waals surface area contributed by atoms with Gasteiger partial charge in [-0.05, 0) is 81.9 Å². The molecule has 2 aromatic heterocycles. The molecule has 57 heavy (non-hydrogen) atoms. The van der Waals surface area contributed by atoms with Gasteiger partial charge >= 0.3 is 0 Å². The van der Waals surface area contributed by atoms with Crippen molar-refractivity contribution in [2.45, 2.75) is 0 Å². The highest BCUT2D eigenvalue weighted by Gasteiger charge is 2.21. The second kappa shape index (κ2) is 14.3. The van der Waals surface area contributed by atoms with E-state index in [2.05, 4.69) is 89.5 Å². The van der Waals surface area contributed by atoms with Crippen molar-refractivity contribution in [3.05, 3.63) is 206 Å². The lowest BCUT2D eigenvalue weighted by atomic mass is 10.0. The van der Waals surface area contributed by atoms with E-state index in [0.29, 0.717) is 34.2 Å². The molecule has 0 saturated heterocycles. The van der Waals surface area contributed by atoms with E-state index < -0.39 is 11.6 Å². The van der Waals surface area contributed by atoms with Gasteiger partial charge in [0.1, 0.15) is 11.6 Å². The van der Waals surface area contributed by atoms with Crippen LogP contribution in [0.25, 0.3) is 95.0 Å². The zero-order valence-electron chi connectivity index (χ0n) is 30.5. The fraction of sp³-hybridized carbons (Fsp3) is 0. The van der Waals surface area contributed by atoms with Crippen LogP contribution in [0.2, 0.25) is 0 Å². The van der Waals surface area contributed by atoms with Gasteiger partial charge in [0.15, 0.2) is 17.5 Å². The Kier molecular flexibility index (Phi) is 8.49. The molecular weight excluding hydrogens is 707 g/mol. The van der Waals surface area contributed by atoms with Crippen molar-refractivity contribution >= 4 is 21.8 Å². The van der Waals surface area contributed by atoms with Gasteiger partial charge in [-0.2, -0.15) is 0 Å². The van der Waals surface area contributed by atoms with Crippen LogP contribution in [-0.2, 0) is 0 Å². The lowest BCUT2D eigenvalue weighted by Gasteiger charge is -2.16. The van der Waals surface area contributed by atoms with Crippen molar-refractivity contribution < 1.29 is 8.78 Å². The molecule has 8 aromatic carbocycles. The Morgan fingerprint density at radius 1 is 0.316 bits per heavy atom. The molecule has 0 aliphatic carbocycles. The minimum atomic E-state index is -0.653. The second-order valence-electron chi connectivity index (χ2n) is 14.0. The minimum Gasteiger partial charge on any atom is -0.308 e. The third kappa shape index (κ3) is 6.43. The molecule has 2 heterocycles. The standard InChI is InChI=1S/C51H32F2N4/c52-41-27-40(28-42(53)32-41)39-23-26-48(45(31-39)51-55-49(35-17-9-3-10-18-35)54-50(56-51)36-19-11-4-12-20-36)57-46-24-21-37(33-13-5-1-6-14-33)29-43(46)44-30-38(22-25-47(44)57)34-15-7-2-8-16-34/h1-32H. The number of hydrogen-bond acceptors (Lipinski definition) is 3. The monoisotopic (exact) mass is 738 g/mol.